The summed E-state index contributed by atoms with van der Waals surface area (Å²) in [5, 5.41) is 12.2. The van der Waals surface area contributed by atoms with E-state index in [0.29, 0.717) is 36.1 Å². The average molecular weight is 350 g/mol. The van der Waals surface area contributed by atoms with E-state index in [2.05, 4.69) is 10.2 Å². The van der Waals surface area contributed by atoms with Crippen molar-refractivity contribution >= 4 is 5.91 Å². The number of hydrogen-bond donors (Lipinski definition) is 2. The Morgan fingerprint density at radius 3 is 2.92 bits per heavy atom. The number of benzene rings is 1. The highest BCUT2D eigenvalue weighted by molar-refractivity contribution is 5.97. The van der Waals surface area contributed by atoms with Gasteiger partial charge in [-0.3, -0.25) is 9.69 Å². The minimum absolute atomic E-state index is 0.0809. The third kappa shape index (κ3) is 4.05. The molecule has 0 aromatic heterocycles. The molecule has 2 saturated heterocycles. The smallest absolute Gasteiger partial charge is 0.255 e. The van der Waals surface area contributed by atoms with Crippen LogP contribution in [0.25, 0.3) is 0 Å². The van der Waals surface area contributed by atoms with Gasteiger partial charge in [0.1, 0.15) is 11.5 Å². The molecule has 25 heavy (non-hydrogen) atoms. The van der Waals surface area contributed by atoms with Crippen LogP contribution in [0.5, 0.6) is 11.5 Å². The van der Waals surface area contributed by atoms with Gasteiger partial charge >= 0.3 is 0 Å². The molecule has 3 rings (SSSR count). The lowest BCUT2D eigenvalue weighted by molar-refractivity contribution is -0.0566. The predicted octanol–water partition coefficient (Wildman–Crippen LogP) is 0.658. The van der Waals surface area contributed by atoms with Crippen LogP contribution in [0.1, 0.15) is 23.2 Å². The Bertz CT molecular complexity index is 609. The number of fused-ring (bicyclic) bond motifs is 1. The highest BCUT2D eigenvalue weighted by Crippen LogP contribution is 2.27. The summed E-state index contributed by atoms with van der Waals surface area (Å²) in [6, 6.07) is 5.59. The summed E-state index contributed by atoms with van der Waals surface area (Å²) >= 11 is 0. The first-order chi connectivity index (χ1) is 12.1. The van der Waals surface area contributed by atoms with E-state index in [4.69, 9.17) is 19.3 Å². The van der Waals surface area contributed by atoms with E-state index in [9.17, 15) is 4.79 Å². The molecule has 138 valence electrons. The number of rotatable bonds is 6. The van der Waals surface area contributed by atoms with E-state index in [-0.39, 0.29) is 24.7 Å². The van der Waals surface area contributed by atoms with Crippen LogP contribution >= 0.6 is 0 Å². The fourth-order valence-electron chi connectivity index (χ4n) is 3.62. The van der Waals surface area contributed by atoms with E-state index >= 15 is 0 Å². The molecule has 2 aliphatic rings. The molecule has 0 radical (unpaired) electrons. The van der Waals surface area contributed by atoms with Crippen molar-refractivity contribution in [2.75, 3.05) is 40.5 Å². The lowest BCUT2D eigenvalue weighted by Crippen LogP contribution is -2.46. The third-order valence-corrected chi connectivity index (χ3v) is 4.93. The zero-order valence-corrected chi connectivity index (χ0v) is 14.7. The van der Waals surface area contributed by atoms with Gasteiger partial charge in [0.25, 0.3) is 5.91 Å². The van der Waals surface area contributed by atoms with Crippen molar-refractivity contribution in [3.8, 4) is 11.5 Å². The molecule has 7 nitrogen and oxygen atoms in total. The SMILES string of the molecule is COc1ccc(C(=O)N[C@@H]2C[C@H]3CO[C@@H](CCO)CN3C2)c(OC)c1. The maximum absolute atomic E-state index is 12.6. The van der Waals surface area contributed by atoms with Crippen LogP contribution in [-0.4, -0.2) is 74.6 Å². The molecule has 0 saturated carbocycles. The third-order valence-electron chi connectivity index (χ3n) is 4.93. The minimum atomic E-state index is -0.142. The standard InChI is InChI=1S/C18H26N2O5/c1-23-14-3-4-16(17(8-14)24-2)18(22)19-12-7-13-11-25-15(5-6-21)10-20(13)9-12/h3-4,8,12-13,15,21H,5-7,9-11H2,1-2H3,(H,19,22)/t12-,13+,15+/m1/s1. The van der Waals surface area contributed by atoms with Crippen molar-refractivity contribution in [1.29, 1.82) is 0 Å². The van der Waals surface area contributed by atoms with Gasteiger partial charge in [-0.2, -0.15) is 0 Å². The first-order valence-electron chi connectivity index (χ1n) is 8.64. The monoisotopic (exact) mass is 350 g/mol. The molecule has 0 spiro atoms. The van der Waals surface area contributed by atoms with E-state index < -0.39 is 0 Å². The lowest BCUT2D eigenvalue weighted by atomic mass is 10.1. The van der Waals surface area contributed by atoms with Crippen LogP contribution in [0.2, 0.25) is 0 Å². The zero-order chi connectivity index (χ0) is 17.8. The van der Waals surface area contributed by atoms with Gasteiger partial charge < -0.3 is 24.6 Å². The number of methoxy groups -OCH3 is 2. The number of hydrogen-bond acceptors (Lipinski definition) is 6. The van der Waals surface area contributed by atoms with Gasteiger partial charge in [-0.15, -0.1) is 0 Å². The van der Waals surface area contributed by atoms with Gasteiger partial charge in [0, 0.05) is 37.8 Å². The van der Waals surface area contributed by atoms with Crippen LogP contribution in [0.3, 0.4) is 0 Å². The summed E-state index contributed by atoms with van der Waals surface area (Å²) in [7, 11) is 3.12. The highest BCUT2D eigenvalue weighted by atomic mass is 16.5. The molecule has 2 fully saturated rings. The fourth-order valence-corrected chi connectivity index (χ4v) is 3.62. The number of morpholine rings is 1. The van der Waals surface area contributed by atoms with E-state index in [1.54, 1.807) is 32.4 Å². The molecule has 2 N–H and O–H groups in total. The lowest BCUT2D eigenvalue weighted by Gasteiger charge is -2.34. The largest absolute Gasteiger partial charge is 0.497 e. The van der Waals surface area contributed by atoms with Crippen LogP contribution in [0.15, 0.2) is 18.2 Å². The topological polar surface area (TPSA) is 80.3 Å². The van der Waals surface area contributed by atoms with Crippen molar-refractivity contribution in [2.45, 2.75) is 31.0 Å². The second-order valence-corrected chi connectivity index (χ2v) is 6.55. The Labute approximate surface area is 147 Å². The molecule has 1 aromatic carbocycles. The van der Waals surface area contributed by atoms with Gasteiger partial charge in [0.15, 0.2) is 0 Å². The molecule has 0 bridgehead atoms. The van der Waals surface area contributed by atoms with Crippen molar-refractivity contribution in [3.63, 3.8) is 0 Å². The molecule has 3 atom stereocenters. The number of nitrogens with one attached hydrogen (secondary N) is 1. The average Bonchev–Trinajstić information content (AvgIpc) is 3.02. The molecule has 0 unspecified atom stereocenters. The summed E-state index contributed by atoms with van der Waals surface area (Å²) < 4.78 is 16.3. The Kier molecular flexibility index (Phi) is 5.78. The number of carbonyl (C=O) groups excluding carboxylic acids is 1. The van der Waals surface area contributed by atoms with E-state index in [1.165, 1.54) is 0 Å². The van der Waals surface area contributed by atoms with Gasteiger partial charge in [-0.25, -0.2) is 0 Å². The van der Waals surface area contributed by atoms with Crippen molar-refractivity contribution < 1.29 is 24.1 Å². The normalized spacial score (nSPS) is 26.1. The van der Waals surface area contributed by atoms with E-state index in [1.807, 2.05) is 0 Å². The summed E-state index contributed by atoms with van der Waals surface area (Å²) in [4.78, 5) is 15.0. The van der Waals surface area contributed by atoms with Crippen LogP contribution in [-0.2, 0) is 4.74 Å². The number of amides is 1. The van der Waals surface area contributed by atoms with Crippen LogP contribution < -0.4 is 14.8 Å². The molecule has 0 aliphatic carbocycles. The Hall–Kier alpha value is -1.83. The Morgan fingerprint density at radius 2 is 2.20 bits per heavy atom. The molecule has 1 aromatic rings. The van der Waals surface area contributed by atoms with Gasteiger partial charge in [0.2, 0.25) is 0 Å². The summed E-state index contributed by atoms with van der Waals surface area (Å²) in [6.45, 7) is 2.41. The van der Waals surface area contributed by atoms with Gasteiger partial charge in [-0.05, 0) is 25.0 Å². The first-order valence-corrected chi connectivity index (χ1v) is 8.64. The maximum Gasteiger partial charge on any atom is 0.255 e. The summed E-state index contributed by atoms with van der Waals surface area (Å²) in [5.74, 6) is 1.01. The second-order valence-electron chi connectivity index (χ2n) is 6.55. The predicted molar refractivity (Wildman–Crippen MR) is 92.2 cm³/mol. The number of carbonyl (C=O) groups is 1. The highest BCUT2D eigenvalue weighted by Gasteiger charge is 2.37. The van der Waals surface area contributed by atoms with Crippen molar-refractivity contribution in [3.05, 3.63) is 23.8 Å². The molecule has 7 heteroatoms. The molecular weight excluding hydrogens is 324 g/mol. The maximum atomic E-state index is 12.6. The number of nitrogens with zero attached hydrogens (tertiary/aromatic N) is 1. The second kappa shape index (κ2) is 8.03. The van der Waals surface area contributed by atoms with Gasteiger partial charge in [-0.1, -0.05) is 0 Å². The molecule has 1 amide bonds. The fraction of sp³-hybridized carbons (Fsp3) is 0.611. The van der Waals surface area contributed by atoms with Crippen LogP contribution in [0, 0.1) is 0 Å². The van der Waals surface area contributed by atoms with Crippen molar-refractivity contribution in [2.24, 2.45) is 0 Å². The van der Waals surface area contributed by atoms with Crippen molar-refractivity contribution in [1.82, 2.24) is 10.2 Å². The number of ether oxygens (including phenoxy) is 3. The first kappa shape index (κ1) is 18.0. The Balaban J connectivity index is 1.61. The Morgan fingerprint density at radius 1 is 1.36 bits per heavy atom. The van der Waals surface area contributed by atoms with Crippen LogP contribution in [0.4, 0.5) is 0 Å². The number of aliphatic hydroxyl groups is 1. The summed E-state index contributed by atoms with van der Waals surface area (Å²) in [5.41, 5.74) is 0.502. The zero-order valence-electron chi connectivity index (χ0n) is 14.7. The van der Waals surface area contributed by atoms with E-state index in [0.717, 1.165) is 19.5 Å². The quantitative estimate of drug-likeness (QED) is 0.785. The molecule has 2 aliphatic heterocycles. The summed E-state index contributed by atoms with van der Waals surface area (Å²) in [6.07, 6.45) is 1.61. The number of aliphatic hydroxyl groups excluding tert-OH is 1. The molecule has 2 heterocycles. The molecular formula is C18H26N2O5. The van der Waals surface area contributed by atoms with Gasteiger partial charge in [0.05, 0.1) is 32.5 Å². The minimum Gasteiger partial charge on any atom is -0.497 e.